The minimum atomic E-state index is -0.349. The van der Waals surface area contributed by atoms with Crippen LogP contribution in [0.25, 0.3) is 0 Å². The highest BCUT2D eigenvalue weighted by Gasteiger charge is 2.19. The first-order valence-corrected chi connectivity index (χ1v) is 12.6. The number of ether oxygens (including phenoxy) is 4. The van der Waals surface area contributed by atoms with Crippen molar-refractivity contribution in [3.8, 4) is 17.2 Å². The maximum atomic E-state index is 13.0. The van der Waals surface area contributed by atoms with Crippen LogP contribution in [0.15, 0.2) is 42.5 Å². The van der Waals surface area contributed by atoms with Crippen LogP contribution >= 0.6 is 22.9 Å². The number of nitrogens with one attached hydrogen (secondary N) is 2. The molecule has 0 spiro atoms. The molecule has 11 nitrogen and oxygen atoms in total. The first-order chi connectivity index (χ1) is 18.0. The summed E-state index contributed by atoms with van der Waals surface area (Å²) in [5, 5.41) is 14.9. The van der Waals surface area contributed by atoms with Crippen molar-refractivity contribution in [2.45, 2.75) is 6.61 Å². The van der Waals surface area contributed by atoms with E-state index in [2.05, 4.69) is 20.8 Å². The lowest BCUT2D eigenvalue weighted by molar-refractivity contribution is -0.120. The van der Waals surface area contributed by atoms with E-state index >= 15 is 0 Å². The quantitative estimate of drug-likeness (QED) is 0.494. The molecule has 2 heterocycles. The molecule has 0 atom stereocenters. The van der Waals surface area contributed by atoms with Gasteiger partial charge in [-0.05, 0) is 30.3 Å². The molecule has 1 aromatic heterocycles. The number of halogens is 1. The highest BCUT2D eigenvalue weighted by atomic mass is 35.5. The topological polar surface area (TPSA) is 124 Å². The Bertz CT molecular complexity index is 1230. The average Bonchev–Trinajstić information content (AvgIpc) is 3.29. The molecule has 2 amide bonds. The van der Waals surface area contributed by atoms with Gasteiger partial charge in [0.25, 0.3) is 0 Å². The van der Waals surface area contributed by atoms with E-state index in [1.807, 2.05) is 12.1 Å². The van der Waals surface area contributed by atoms with Crippen molar-refractivity contribution in [1.29, 1.82) is 0 Å². The van der Waals surface area contributed by atoms with Gasteiger partial charge in [-0.1, -0.05) is 35.1 Å². The third-order valence-corrected chi connectivity index (χ3v) is 6.08. The Labute approximate surface area is 222 Å². The second-order valence-electron chi connectivity index (χ2n) is 7.89. The summed E-state index contributed by atoms with van der Waals surface area (Å²) in [6, 6.07) is 12.2. The van der Waals surface area contributed by atoms with E-state index in [9.17, 15) is 9.59 Å². The molecule has 0 radical (unpaired) electrons. The second-order valence-corrected chi connectivity index (χ2v) is 9.39. The van der Waals surface area contributed by atoms with E-state index in [0.717, 1.165) is 0 Å². The highest BCUT2D eigenvalue weighted by Crippen LogP contribution is 2.36. The number of carbonyl (C=O) groups is 2. The number of amides is 2. The number of nitrogens with zero attached hydrogens (tertiary/aromatic N) is 3. The first-order valence-electron chi connectivity index (χ1n) is 11.4. The van der Waals surface area contributed by atoms with Crippen molar-refractivity contribution in [2.24, 2.45) is 0 Å². The van der Waals surface area contributed by atoms with Crippen LogP contribution in [-0.4, -0.2) is 73.5 Å². The van der Waals surface area contributed by atoms with Crippen LogP contribution in [0.5, 0.6) is 17.2 Å². The standard InChI is InChI=1S/C24H26ClN5O6S/c1-33-15-23-28-29-24(37-23)27-22(32)14-30-8-9-34-10-11-35-19-4-2-3-5-20(19)36-18-7-6-16(25)12-17(18)26-21(31)13-30/h2-7,12H,8-11,13-15H2,1H3,(H,26,31)(H,27,29,32). The third-order valence-electron chi connectivity index (χ3n) is 5.04. The average molecular weight is 548 g/mol. The lowest BCUT2D eigenvalue weighted by Crippen LogP contribution is -2.40. The van der Waals surface area contributed by atoms with E-state index in [-0.39, 0.29) is 24.9 Å². The van der Waals surface area contributed by atoms with E-state index in [1.54, 1.807) is 42.3 Å². The van der Waals surface area contributed by atoms with Crippen LogP contribution in [0.2, 0.25) is 5.02 Å². The number of methoxy groups -OCH3 is 1. The Morgan fingerprint density at radius 2 is 2.00 bits per heavy atom. The molecule has 37 heavy (non-hydrogen) atoms. The fraction of sp³-hybridized carbons (Fsp3) is 0.333. The van der Waals surface area contributed by atoms with Crippen molar-refractivity contribution in [1.82, 2.24) is 15.1 Å². The van der Waals surface area contributed by atoms with Crippen molar-refractivity contribution in [2.75, 3.05) is 57.2 Å². The van der Waals surface area contributed by atoms with Crippen LogP contribution in [0, 0.1) is 0 Å². The lowest BCUT2D eigenvalue weighted by atomic mass is 10.2. The van der Waals surface area contributed by atoms with Crippen LogP contribution in [-0.2, 0) is 25.7 Å². The maximum absolute atomic E-state index is 13.0. The van der Waals surface area contributed by atoms with Gasteiger partial charge >= 0.3 is 0 Å². The summed E-state index contributed by atoms with van der Waals surface area (Å²) < 4.78 is 22.6. The number of hydrogen-bond acceptors (Lipinski definition) is 10. The SMILES string of the molecule is COCc1nnc(NC(=O)CN2CCOCCOc3ccccc3Oc3ccc(Cl)cc3NC(=O)C2)s1. The van der Waals surface area contributed by atoms with Gasteiger partial charge in [-0.25, -0.2) is 0 Å². The molecule has 4 rings (SSSR count). The predicted octanol–water partition coefficient (Wildman–Crippen LogP) is 3.42. The number of aromatic nitrogens is 2. The Balaban J connectivity index is 1.48. The molecule has 13 heteroatoms. The zero-order chi connectivity index (χ0) is 26.0. The number of hydrogen-bond donors (Lipinski definition) is 2. The summed E-state index contributed by atoms with van der Waals surface area (Å²) in [4.78, 5) is 27.3. The monoisotopic (exact) mass is 547 g/mol. The van der Waals surface area contributed by atoms with E-state index in [1.165, 1.54) is 11.3 Å². The zero-order valence-electron chi connectivity index (χ0n) is 20.1. The van der Waals surface area contributed by atoms with Crippen LogP contribution in [0.4, 0.5) is 10.8 Å². The Hall–Kier alpha value is -3.29. The van der Waals surface area contributed by atoms with Gasteiger partial charge in [0.2, 0.25) is 16.9 Å². The molecule has 0 unspecified atom stereocenters. The molecule has 196 valence electrons. The molecule has 1 aliphatic heterocycles. The lowest BCUT2D eigenvalue weighted by Gasteiger charge is -2.21. The summed E-state index contributed by atoms with van der Waals surface area (Å²) in [5.74, 6) is 0.733. The molecular weight excluding hydrogens is 522 g/mol. The summed E-state index contributed by atoms with van der Waals surface area (Å²) in [6.45, 7) is 1.42. The number of anilines is 2. The molecule has 2 aromatic carbocycles. The molecule has 2 N–H and O–H groups in total. The van der Waals surface area contributed by atoms with Crippen LogP contribution < -0.4 is 20.1 Å². The molecule has 1 aliphatic rings. The van der Waals surface area contributed by atoms with E-state index in [4.69, 9.17) is 30.5 Å². The second kappa shape index (κ2) is 13.3. The van der Waals surface area contributed by atoms with Crippen LogP contribution in [0.3, 0.4) is 0 Å². The van der Waals surface area contributed by atoms with Gasteiger partial charge in [0, 0.05) is 18.7 Å². The summed E-state index contributed by atoms with van der Waals surface area (Å²) in [7, 11) is 1.55. The van der Waals surface area contributed by atoms with Gasteiger partial charge in [-0.2, -0.15) is 0 Å². The fourth-order valence-electron chi connectivity index (χ4n) is 3.42. The van der Waals surface area contributed by atoms with Gasteiger partial charge in [0.15, 0.2) is 17.2 Å². The predicted molar refractivity (Wildman–Crippen MR) is 139 cm³/mol. The summed E-state index contributed by atoms with van der Waals surface area (Å²) in [6.07, 6.45) is 0. The molecule has 0 aliphatic carbocycles. The number of fused-ring (bicyclic) bond motifs is 2. The van der Waals surface area contributed by atoms with Gasteiger partial charge in [-0.3, -0.25) is 19.8 Å². The van der Waals surface area contributed by atoms with Gasteiger partial charge in [0.05, 0.1) is 32.0 Å². The van der Waals surface area contributed by atoms with Gasteiger partial charge < -0.3 is 24.3 Å². The Morgan fingerprint density at radius 3 is 2.84 bits per heavy atom. The van der Waals surface area contributed by atoms with Crippen molar-refractivity contribution in [3.63, 3.8) is 0 Å². The molecule has 3 aromatic rings. The fourth-order valence-corrected chi connectivity index (χ4v) is 4.32. The van der Waals surface area contributed by atoms with Gasteiger partial charge in [0.1, 0.15) is 18.2 Å². The largest absolute Gasteiger partial charge is 0.487 e. The maximum Gasteiger partial charge on any atom is 0.240 e. The van der Waals surface area contributed by atoms with E-state index in [0.29, 0.717) is 71.1 Å². The summed E-state index contributed by atoms with van der Waals surface area (Å²) >= 11 is 7.41. The molecular formula is C24H26ClN5O6S. The highest BCUT2D eigenvalue weighted by molar-refractivity contribution is 7.15. The molecule has 0 fully saturated rings. The van der Waals surface area contributed by atoms with Gasteiger partial charge in [-0.15, -0.1) is 10.2 Å². The Morgan fingerprint density at radius 1 is 1.16 bits per heavy atom. The molecule has 0 bridgehead atoms. The normalized spacial score (nSPS) is 15.1. The van der Waals surface area contributed by atoms with Crippen molar-refractivity contribution in [3.05, 3.63) is 52.5 Å². The number of rotatable bonds is 5. The number of carbonyl (C=O) groups excluding carboxylic acids is 2. The third kappa shape index (κ3) is 8.10. The van der Waals surface area contributed by atoms with Crippen LogP contribution in [0.1, 0.15) is 5.01 Å². The molecule has 0 saturated carbocycles. The number of benzene rings is 2. The zero-order valence-corrected chi connectivity index (χ0v) is 21.6. The minimum absolute atomic E-state index is 0.0587. The van der Waals surface area contributed by atoms with Crippen molar-refractivity contribution >= 4 is 45.6 Å². The summed E-state index contributed by atoms with van der Waals surface area (Å²) in [5.41, 5.74) is 0.391. The minimum Gasteiger partial charge on any atom is -0.487 e. The van der Waals surface area contributed by atoms with E-state index < -0.39 is 0 Å². The first kappa shape index (κ1) is 26.8. The smallest absolute Gasteiger partial charge is 0.240 e. The Kier molecular flexibility index (Phi) is 9.63. The molecule has 0 saturated heterocycles. The number of para-hydroxylation sites is 2. The van der Waals surface area contributed by atoms with Crippen molar-refractivity contribution < 1.29 is 28.5 Å².